The largest absolute Gasteiger partial charge is 0.382 e. The summed E-state index contributed by atoms with van der Waals surface area (Å²) in [6, 6.07) is 0.649. The number of ether oxygens (including phenoxy) is 1. The van der Waals surface area contributed by atoms with E-state index in [2.05, 4.69) is 17.3 Å². The van der Waals surface area contributed by atoms with Crippen molar-refractivity contribution in [1.29, 1.82) is 0 Å². The number of hydrogen-bond donors (Lipinski definition) is 1. The van der Waals surface area contributed by atoms with Crippen LogP contribution in [0.25, 0.3) is 0 Å². The Hall–Kier alpha value is -0.350. The van der Waals surface area contributed by atoms with Gasteiger partial charge in [-0.05, 0) is 38.4 Å². The van der Waals surface area contributed by atoms with Gasteiger partial charge < -0.3 is 15.0 Å². The van der Waals surface area contributed by atoms with E-state index in [-0.39, 0.29) is 0 Å². The fraction of sp³-hybridized carbons (Fsp3) is 0.923. The molecule has 1 aliphatic rings. The molecular weight excluding hydrogens is 232 g/mol. The van der Waals surface area contributed by atoms with Crippen molar-refractivity contribution < 1.29 is 4.74 Å². The third-order valence-electron chi connectivity index (χ3n) is 3.39. The molecule has 0 spiro atoms. The average molecular weight is 258 g/mol. The van der Waals surface area contributed by atoms with Crippen LogP contribution in [0.1, 0.15) is 45.4 Å². The van der Waals surface area contributed by atoms with Gasteiger partial charge in [0.2, 0.25) is 0 Å². The maximum atomic E-state index is 5.41. The van der Waals surface area contributed by atoms with Gasteiger partial charge in [-0.3, -0.25) is 0 Å². The molecule has 1 N–H and O–H groups in total. The Kier molecular flexibility index (Phi) is 7.53. The van der Waals surface area contributed by atoms with Gasteiger partial charge in [0.15, 0.2) is 5.11 Å². The first kappa shape index (κ1) is 14.7. The first-order valence-electron chi connectivity index (χ1n) is 6.84. The third-order valence-corrected chi connectivity index (χ3v) is 3.82. The summed E-state index contributed by atoms with van der Waals surface area (Å²) >= 11 is 5.41. The molecule has 0 aromatic carbocycles. The molecule has 1 aliphatic carbocycles. The van der Waals surface area contributed by atoms with Crippen LogP contribution >= 0.6 is 12.2 Å². The van der Waals surface area contributed by atoms with E-state index in [1.165, 1.54) is 32.1 Å². The van der Waals surface area contributed by atoms with Crippen LogP contribution in [0.15, 0.2) is 0 Å². The molecule has 0 radical (unpaired) electrons. The molecule has 1 saturated carbocycles. The van der Waals surface area contributed by atoms with E-state index in [1.54, 1.807) is 0 Å². The average Bonchev–Trinajstić information content (AvgIpc) is 2.38. The van der Waals surface area contributed by atoms with Crippen LogP contribution in [-0.2, 0) is 4.74 Å². The second-order valence-electron chi connectivity index (χ2n) is 4.69. The molecule has 3 nitrogen and oxygen atoms in total. The predicted octanol–water partition coefficient (Wildman–Crippen LogP) is 2.55. The van der Waals surface area contributed by atoms with E-state index in [1.807, 2.05) is 6.92 Å². The van der Waals surface area contributed by atoms with Crippen LogP contribution < -0.4 is 5.32 Å². The lowest BCUT2D eigenvalue weighted by Gasteiger charge is -2.33. The minimum atomic E-state index is 0.649. The molecule has 0 atom stereocenters. The van der Waals surface area contributed by atoms with Gasteiger partial charge in [-0.25, -0.2) is 0 Å². The molecule has 100 valence electrons. The number of rotatable bonds is 6. The smallest absolute Gasteiger partial charge is 0.168 e. The van der Waals surface area contributed by atoms with E-state index in [9.17, 15) is 0 Å². The summed E-state index contributed by atoms with van der Waals surface area (Å²) in [6.45, 7) is 4.55. The summed E-state index contributed by atoms with van der Waals surface area (Å²) < 4.78 is 5.30. The SMILES string of the molecule is CCOCCCNC(=S)N(C)C1CCCCC1. The van der Waals surface area contributed by atoms with Crippen molar-refractivity contribution in [3.63, 3.8) is 0 Å². The summed E-state index contributed by atoms with van der Waals surface area (Å²) in [5, 5.41) is 4.21. The number of hydrogen-bond acceptors (Lipinski definition) is 2. The molecule has 4 heteroatoms. The lowest BCUT2D eigenvalue weighted by Crippen LogP contribution is -2.44. The molecule has 0 aromatic rings. The summed E-state index contributed by atoms with van der Waals surface area (Å²) in [5.41, 5.74) is 0. The zero-order chi connectivity index (χ0) is 12.5. The fourth-order valence-corrected chi connectivity index (χ4v) is 2.52. The van der Waals surface area contributed by atoms with E-state index in [4.69, 9.17) is 17.0 Å². The molecule has 0 amide bonds. The Balaban J connectivity index is 2.13. The van der Waals surface area contributed by atoms with Crippen LogP contribution in [-0.4, -0.2) is 42.9 Å². The zero-order valence-electron chi connectivity index (χ0n) is 11.2. The van der Waals surface area contributed by atoms with E-state index in [0.29, 0.717) is 6.04 Å². The second kappa shape index (κ2) is 8.70. The highest BCUT2D eigenvalue weighted by Gasteiger charge is 2.19. The van der Waals surface area contributed by atoms with Crippen LogP contribution in [0.5, 0.6) is 0 Å². The minimum absolute atomic E-state index is 0.649. The van der Waals surface area contributed by atoms with Crippen molar-refractivity contribution in [3.8, 4) is 0 Å². The lowest BCUT2D eigenvalue weighted by atomic mass is 9.95. The van der Waals surface area contributed by atoms with Gasteiger partial charge in [0.05, 0.1) is 0 Å². The zero-order valence-corrected chi connectivity index (χ0v) is 12.0. The highest BCUT2D eigenvalue weighted by atomic mass is 32.1. The standard InChI is InChI=1S/C13H26N2OS/c1-3-16-11-7-10-14-13(17)15(2)12-8-5-4-6-9-12/h12H,3-11H2,1-2H3,(H,14,17). The topological polar surface area (TPSA) is 24.5 Å². The van der Waals surface area contributed by atoms with Crippen molar-refractivity contribution in [2.45, 2.75) is 51.5 Å². The van der Waals surface area contributed by atoms with Crippen molar-refractivity contribution >= 4 is 17.3 Å². The third kappa shape index (κ3) is 5.68. The van der Waals surface area contributed by atoms with Gasteiger partial charge in [0.25, 0.3) is 0 Å². The van der Waals surface area contributed by atoms with Gasteiger partial charge in [0, 0.05) is 32.8 Å². The Morgan fingerprint density at radius 2 is 2.06 bits per heavy atom. The van der Waals surface area contributed by atoms with E-state index >= 15 is 0 Å². The second-order valence-corrected chi connectivity index (χ2v) is 5.07. The van der Waals surface area contributed by atoms with Crippen molar-refractivity contribution in [1.82, 2.24) is 10.2 Å². The Bertz CT molecular complexity index is 217. The molecule has 0 unspecified atom stereocenters. The molecule has 0 saturated heterocycles. The van der Waals surface area contributed by atoms with Crippen LogP contribution in [0.3, 0.4) is 0 Å². The van der Waals surface area contributed by atoms with Crippen molar-refractivity contribution in [2.24, 2.45) is 0 Å². The molecule has 0 bridgehead atoms. The van der Waals surface area contributed by atoms with E-state index in [0.717, 1.165) is 31.3 Å². The molecule has 1 fully saturated rings. The highest BCUT2D eigenvalue weighted by molar-refractivity contribution is 7.80. The van der Waals surface area contributed by atoms with Crippen LogP contribution in [0.4, 0.5) is 0 Å². The molecule has 17 heavy (non-hydrogen) atoms. The molecule has 0 aliphatic heterocycles. The number of thiocarbonyl (C=S) groups is 1. The molecule has 0 heterocycles. The summed E-state index contributed by atoms with van der Waals surface area (Å²) in [7, 11) is 2.12. The summed E-state index contributed by atoms with van der Waals surface area (Å²) in [4.78, 5) is 2.25. The Labute approximate surface area is 111 Å². The summed E-state index contributed by atoms with van der Waals surface area (Å²) in [6.07, 6.45) is 7.68. The molecular formula is C13H26N2OS. The van der Waals surface area contributed by atoms with Gasteiger partial charge in [0.1, 0.15) is 0 Å². The normalized spacial score (nSPS) is 16.8. The Morgan fingerprint density at radius 3 is 2.71 bits per heavy atom. The molecule has 1 rings (SSSR count). The number of nitrogens with zero attached hydrogens (tertiary/aromatic N) is 1. The van der Waals surface area contributed by atoms with Gasteiger partial charge >= 0.3 is 0 Å². The maximum absolute atomic E-state index is 5.41. The quantitative estimate of drug-likeness (QED) is 0.584. The Morgan fingerprint density at radius 1 is 1.35 bits per heavy atom. The van der Waals surface area contributed by atoms with Crippen molar-refractivity contribution in [3.05, 3.63) is 0 Å². The number of nitrogens with one attached hydrogen (secondary N) is 1. The van der Waals surface area contributed by atoms with E-state index < -0.39 is 0 Å². The monoisotopic (exact) mass is 258 g/mol. The summed E-state index contributed by atoms with van der Waals surface area (Å²) in [5.74, 6) is 0. The van der Waals surface area contributed by atoms with Gasteiger partial charge in [-0.1, -0.05) is 19.3 Å². The van der Waals surface area contributed by atoms with Crippen LogP contribution in [0, 0.1) is 0 Å². The predicted molar refractivity (Wildman–Crippen MR) is 76.3 cm³/mol. The van der Waals surface area contributed by atoms with Crippen molar-refractivity contribution in [2.75, 3.05) is 26.8 Å². The lowest BCUT2D eigenvalue weighted by molar-refractivity contribution is 0.145. The first-order chi connectivity index (χ1) is 8.25. The van der Waals surface area contributed by atoms with Crippen LogP contribution in [0.2, 0.25) is 0 Å². The fourth-order valence-electron chi connectivity index (χ4n) is 2.27. The first-order valence-corrected chi connectivity index (χ1v) is 7.25. The minimum Gasteiger partial charge on any atom is -0.382 e. The highest BCUT2D eigenvalue weighted by Crippen LogP contribution is 2.21. The van der Waals surface area contributed by atoms with Gasteiger partial charge in [-0.2, -0.15) is 0 Å². The van der Waals surface area contributed by atoms with Gasteiger partial charge in [-0.15, -0.1) is 0 Å². The maximum Gasteiger partial charge on any atom is 0.168 e. The molecule has 0 aromatic heterocycles.